The third-order valence-electron chi connectivity index (χ3n) is 3.51. The van der Waals surface area contributed by atoms with Crippen LogP contribution in [0.3, 0.4) is 0 Å². The molecule has 100 valence electrons. The summed E-state index contributed by atoms with van der Waals surface area (Å²) in [6.45, 7) is 10.1. The Morgan fingerprint density at radius 1 is 1.33 bits per heavy atom. The van der Waals surface area contributed by atoms with E-state index in [0.29, 0.717) is 0 Å². The Hall–Kier alpha value is -1.11. The first-order valence-electron chi connectivity index (χ1n) is 6.71. The highest BCUT2D eigenvalue weighted by atomic mass is 19.1. The predicted octanol–water partition coefficient (Wildman–Crippen LogP) is 5.74. The lowest BCUT2D eigenvalue weighted by atomic mass is 9.76. The van der Waals surface area contributed by atoms with Crippen molar-refractivity contribution in [2.45, 2.75) is 47.5 Å². The van der Waals surface area contributed by atoms with Gasteiger partial charge in [0.1, 0.15) is 5.83 Å². The van der Waals surface area contributed by atoms with Crippen LogP contribution in [0.5, 0.6) is 0 Å². The molecule has 0 saturated carbocycles. The number of hydrogen-bond donors (Lipinski definition) is 0. The molecule has 1 aliphatic carbocycles. The highest BCUT2D eigenvalue weighted by molar-refractivity contribution is 5.31. The van der Waals surface area contributed by atoms with Crippen molar-refractivity contribution in [3.05, 3.63) is 47.4 Å². The normalized spacial score (nSPS) is 17.1. The van der Waals surface area contributed by atoms with Crippen LogP contribution in [0.15, 0.2) is 47.4 Å². The lowest BCUT2D eigenvalue weighted by Gasteiger charge is -2.29. The van der Waals surface area contributed by atoms with Crippen molar-refractivity contribution in [1.29, 1.82) is 0 Å². The second kappa shape index (κ2) is 6.17. The predicted molar refractivity (Wildman–Crippen MR) is 78.0 cm³/mol. The van der Waals surface area contributed by atoms with E-state index in [0.717, 1.165) is 18.4 Å². The monoisotopic (exact) mass is 248 g/mol. The van der Waals surface area contributed by atoms with E-state index in [1.165, 1.54) is 5.57 Å². The summed E-state index contributed by atoms with van der Waals surface area (Å²) < 4.78 is 13.9. The Balaban J connectivity index is 2.82. The molecule has 0 aromatic carbocycles. The lowest BCUT2D eigenvalue weighted by Crippen LogP contribution is -2.18. The molecule has 0 heterocycles. The van der Waals surface area contributed by atoms with Crippen molar-refractivity contribution in [2.75, 3.05) is 0 Å². The van der Waals surface area contributed by atoms with Crippen LogP contribution in [-0.4, -0.2) is 0 Å². The molecule has 0 aromatic rings. The molecule has 0 bridgehead atoms. The maximum absolute atomic E-state index is 13.9. The maximum atomic E-state index is 13.9. The molecule has 1 heteroatoms. The molecular weight excluding hydrogens is 223 g/mol. The molecule has 0 aromatic heterocycles. The summed E-state index contributed by atoms with van der Waals surface area (Å²) in [6.07, 6.45) is 12.5. The van der Waals surface area contributed by atoms with E-state index in [-0.39, 0.29) is 17.2 Å². The second-order valence-corrected chi connectivity index (χ2v) is 6.02. The summed E-state index contributed by atoms with van der Waals surface area (Å²) in [4.78, 5) is 0. The Bertz CT molecular complexity index is 401. The van der Waals surface area contributed by atoms with Crippen LogP contribution in [-0.2, 0) is 0 Å². The fourth-order valence-corrected chi connectivity index (χ4v) is 2.55. The van der Waals surface area contributed by atoms with Gasteiger partial charge in [-0.15, -0.1) is 0 Å². The van der Waals surface area contributed by atoms with Crippen LogP contribution < -0.4 is 0 Å². The van der Waals surface area contributed by atoms with E-state index in [1.54, 1.807) is 0 Å². The van der Waals surface area contributed by atoms with E-state index in [9.17, 15) is 4.39 Å². The van der Waals surface area contributed by atoms with Crippen LogP contribution in [0.25, 0.3) is 0 Å². The van der Waals surface area contributed by atoms with Gasteiger partial charge < -0.3 is 0 Å². The summed E-state index contributed by atoms with van der Waals surface area (Å²) in [7, 11) is 0. The summed E-state index contributed by atoms with van der Waals surface area (Å²) >= 11 is 0. The molecule has 0 N–H and O–H groups in total. The van der Waals surface area contributed by atoms with E-state index in [1.807, 2.05) is 20.8 Å². The van der Waals surface area contributed by atoms with Gasteiger partial charge >= 0.3 is 0 Å². The Morgan fingerprint density at radius 2 is 2.00 bits per heavy atom. The van der Waals surface area contributed by atoms with Crippen molar-refractivity contribution in [3.63, 3.8) is 0 Å². The molecule has 0 spiro atoms. The first-order chi connectivity index (χ1) is 8.34. The number of allylic oxidation sites excluding steroid dienone is 8. The van der Waals surface area contributed by atoms with Gasteiger partial charge in [-0.05, 0) is 43.3 Å². The van der Waals surface area contributed by atoms with Gasteiger partial charge in [0, 0.05) is 5.92 Å². The zero-order valence-electron chi connectivity index (χ0n) is 12.3. The van der Waals surface area contributed by atoms with Gasteiger partial charge in [-0.25, -0.2) is 4.39 Å². The minimum Gasteiger partial charge on any atom is -0.212 e. The van der Waals surface area contributed by atoms with Gasteiger partial charge in [0.15, 0.2) is 0 Å². The average Bonchev–Trinajstić information content (AvgIpc) is 2.56. The molecule has 0 amide bonds. The SMILES string of the molecule is CC(C)=C(F)C(C)CC(C)(C)C1=CCC=CC=C1. The van der Waals surface area contributed by atoms with Crippen LogP contribution in [0, 0.1) is 11.3 Å². The molecule has 1 aliphatic rings. The van der Waals surface area contributed by atoms with Crippen LogP contribution >= 0.6 is 0 Å². The first-order valence-corrected chi connectivity index (χ1v) is 6.71. The van der Waals surface area contributed by atoms with Gasteiger partial charge in [-0.3, -0.25) is 0 Å². The highest BCUT2D eigenvalue weighted by Crippen LogP contribution is 2.38. The lowest BCUT2D eigenvalue weighted by molar-refractivity contribution is 0.327. The molecule has 0 fully saturated rings. The second-order valence-electron chi connectivity index (χ2n) is 6.02. The first kappa shape index (κ1) is 14.9. The molecule has 1 unspecified atom stereocenters. The average molecular weight is 248 g/mol. The van der Waals surface area contributed by atoms with E-state index >= 15 is 0 Å². The van der Waals surface area contributed by atoms with Gasteiger partial charge in [0.2, 0.25) is 0 Å². The van der Waals surface area contributed by atoms with Crippen molar-refractivity contribution < 1.29 is 4.39 Å². The Morgan fingerprint density at radius 3 is 2.61 bits per heavy atom. The zero-order valence-corrected chi connectivity index (χ0v) is 12.3. The molecule has 1 atom stereocenters. The van der Waals surface area contributed by atoms with Crippen LogP contribution in [0.4, 0.5) is 4.39 Å². The third kappa shape index (κ3) is 3.97. The molecule has 0 nitrogen and oxygen atoms in total. The Labute approximate surface area is 111 Å². The molecule has 1 rings (SSSR count). The summed E-state index contributed by atoms with van der Waals surface area (Å²) in [6, 6.07) is 0. The molecule has 0 aliphatic heterocycles. The van der Waals surface area contributed by atoms with Crippen LogP contribution in [0.2, 0.25) is 0 Å². The largest absolute Gasteiger partial charge is 0.212 e. The topological polar surface area (TPSA) is 0 Å². The minimum absolute atomic E-state index is 0.00866. The molecule has 18 heavy (non-hydrogen) atoms. The maximum Gasteiger partial charge on any atom is 0.101 e. The van der Waals surface area contributed by atoms with E-state index in [2.05, 4.69) is 44.2 Å². The molecule has 0 saturated heterocycles. The zero-order chi connectivity index (χ0) is 13.8. The van der Waals surface area contributed by atoms with Gasteiger partial charge in [-0.1, -0.05) is 51.2 Å². The van der Waals surface area contributed by atoms with Gasteiger partial charge in [-0.2, -0.15) is 0 Å². The summed E-state index contributed by atoms with van der Waals surface area (Å²) in [5, 5.41) is 0. The number of halogens is 1. The summed E-state index contributed by atoms with van der Waals surface area (Å²) in [5.74, 6) is 0.0231. The van der Waals surface area contributed by atoms with Gasteiger partial charge in [0.25, 0.3) is 0 Å². The highest BCUT2D eigenvalue weighted by Gasteiger charge is 2.26. The number of rotatable bonds is 4. The fourth-order valence-electron chi connectivity index (χ4n) is 2.55. The van der Waals surface area contributed by atoms with Crippen LogP contribution in [0.1, 0.15) is 47.5 Å². The van der Waals surface area contributed by atoms with Crippen molar-refractivity contribution in [3.8, 4) is 0 Å². The quantitative estimate of drug-likeness (QED) is 0.594. The summed E-state index contributed by atoms with van der Waals surface area (Å²) in [5.41, 5.74) is 2.11. The van der Waals surface area contributed by atoms with Crippen molar-refractivity contribution >= 4 is 0 Å². The van der Waals surface area contributed by atoms with E-state index in [4.69, 9.17) is 0 Å². The van der Waals surface area contributed by atoms with Gasteiger partial charge in [0.05, 0.1) is 0 Å². The third-order valence-corrected chi connectivity index (χ3v) is 3.51. The Kier molecular flexibility index (Phi) is 5.13. The minimum atomic E-state index is -0.0180. The molecule has 0 radical (unpaired) electrons. The molecular formula is C17H25F. The fraction of sp³-hybridized carbons (Fsp3) is 0.529. The standard InChI is InChI=1S/C17H25F/c1-13(2)16(18)14(3)12-17(4,5)15-10-8-6-7-9-11-15/h6-8,10-11,14H,9,12H2,1-5H3. The van der Waals surface area contributed by atoms with Crippen molar-refractivity contribution in [2.24, 2.45) is 11.3 Å². The smallest absolute Gasteiger partial charge is 0.101 e. The van der Waals surface area contributed by atoms with Crippen molar-refractivity contribution in [1.82, 2.24) is 0 Å². The number of hydrogen-bond acceptors (Lipinski definition) is 0. The van der Waals surface area contributed by atoms with E-state index < -0.39 is 0 Å².